The van der Waals surface area contributed by atoms with Crippen LogP contribution in [0, 0.1) is 0 Å². The van der Waals surface area contributed by atoms with Gasteiger partial charge < -0.3 is 10.6 Å². The van der Waals surface area contributed by atoms with Gasteiger partial charge in [0.25, 0.3) is 5.91 Å². The molecule has 0 spiro atoms. The lowest BCUT2D eigenvalue weighted by Gasteiger charge is -2.06. The van der Waals surface area contributed by atoms with Gasteiger partial charge in [0, 0.05) is 23.4 Å². The van der Waals surface area contributed by atoms with Gasteiger partial charge in [0.1, 0.15) is 0 Å². The van der Waals surface area contributed by atoms with Crippen LogP contribution in [0.3, 0.4) is 0 Å². The van der Waals surface area contributed by atoms with Gasteiger partial charge in [0.05, 0.1) is 5.69 Å². The van der Waals surface area contributed by atoms with Crippen molar-refractivity contribution in [1.29, 1.82) is 0 Å². The molecule has 0 atom stereocenters. The Hall–Kier alpha value is -2.73. The maximum absolute atomic E-state index is 12.3. The average molecular weight is 365 g/mol. The summed E-state index contributed by atoms with van der Waals surface area (Å²) in [6, 6.07) is 13.5. The molecule has 1 aliphatic carbocycles. The van der Waals surface area contributed by atoms with E-state index in [1.165, 1.54) is 4.88 Å². The summed E-state index contributed by atoms with van der Waals surface area (Å²) in [4.78, 5) is 30.0. The number of benzene rings is 2. The van der Waals surface area contributed by atoms with Crippen molar-refractivity contribution < 1.29 is 9.59 Å². The lowest BCUT2D eigenvalue weighted by Crippen LogP contribution is -2.27. The van der Waals surface area contributed by atoms with E-state index in [9.17, 15) is 9.59 Å². The maximum Gasteiger partial charge on any atom is 0.251 e. The van der Waals surface area contributed by atoms with Crippen LogP contribution in [0.4, 0.5) is 5.13 Å². The predicted octanol–water partition coefficient (Wildman–Crippen LogP) is 3.54. The quantitative estimate of drug-likeness (QED) is 0.726. The third kappa shape index (κ3) is 3.60. The van der Waals surface area contributed by atoms with Gasteiger partial charge >= 0.3 is 0 Å². The zero-order valence-corrected chi connectivity index (χ0v) is 15.1. The van der Waals surface area contributed by atoms with E-state index in [1.54, 1.807) is 17.4 Å². The number of anilines is 1. The van der Waals surface area contributed by atoms with Crippen LogP contribution in [-0.2, 0) is 17.6 Å². The van der Waals surface area contributed by atoms with E-state index in [1.807, 2.05) is 36.4 Å². The largest absolute Gasteiger partial charge is 0.352 e. The molecule has 1 aliphatic rings. The predicted molar refractivity (Wildman–Crippen MR) is 104 cm³/mol. The van der Waals surface area contributed by atoms with Crippen LogP contribution in [0.1, 0.15) is 33.8 Å². The second-order valence-electron chi connectivity index (χ2n) is 6.36. The smallest absolute Gasteiger partial charge is 0.251 e. The first-order chi connectivity index (χ1) is 12.7. The number of hydrogen-bond acceptors (Lipinski definition) is 4. The fraction of sp³-hybridized carbons (Fsp3) is 0.250. The highest BCUT2D eigenvalue weighted by Crippen LogP contribution is 2.30. The Bertz CT molecular complexity index is 959. The van der Waals surface area contributed by atoms with Crippen molar-refractivity contribution in [2.24, 2.45) is 0 Å². The van der Waals surface area contributed by atoms with Crippen molar-refractivity contribution in [2.75, 3.05) is 11.9 Å². The topological polar surface area (TPSA) is 71.1 Å². The minimum atomic E-state index is -0.170. The number of aryl methyl sites for hydroxylation is 2. The minimum Gasteiger partial charge on any atom is -0.352 e. The summed E-state index contributed by atoms with van der Waals surface area (Å²) in [7, 11) is 0. The molecule has 2 amide bonds. The van der Waals surface area contributed by atoms with E-state index in [4.69, 9.17) is 0 Å². The summed E-state index contributed by atoms with van der Waals surface area (Å²) in [6.07, 6.45) is 3.45. The second-order valence-corrected chi connectivity index (χ2v) is 7.44. The number of carbonyl (C=O) groups excluding carboxylic acids is 2. The summed E-state index contributed by atoms with van der Waals surface area (Å²) in [6.45, 7) is 0.294. The normalized spacial score (nSPS) is 12.8. The highest BCUT2D eigenvalue weighted by Gasteiger charge is 2.17. The number of nitrogens with one attached hydrogen (secondary N) is 2. The Kier molecular flexibility index (Phi) is 4.67. The van der Waals surface area contributed by atoms with Gasteiger partial charge in [-0.05, 0) is 42.2 Å². The zero-order chi connectivity index (χ0) is 17.9. The fourth-order valence-electron chi connectivity index (χ4n) is 3.15. The number of hydrogen-bond donors (Lipinski definition) is 2. The molecule has 6 heteroatoms. The van der Waals surface area contributed by atoms with Gasteiger partial charge in [-0.2, -0.15) is 0 Å². The Morgan fingerprint density at radius 1 is 1.08 bits per heavy atom. The Labute approximate surface area is 155 Å². The molecule has 0 saturated heterocycles. The molecule has 0 saturated carbocycles. The lowest BCUT2D eigenvalue weighted by atomic mass is 10.1. The monoisotopic (exact) mass is 365 g/mol. The molecule has 2 N–H and O–H groups in total. The van der Waals surface area contributed by atoms with Crippen LogP contribution in [0.5, 0.6) is 0 Å². The minimum absolute atomic E-state index is 0.128. The van der Waals surface area contributed by atoms with Crippen LogP contribution >= 0.6 is 11.3 Å². The molecule has 0 unspecified atom stereocenters. The van der Waals surface area contributed by atoms with Gasteiger partial charge in [-0.25, -0.2) is 4.98 Å². The van der Waals surface area contributed by atoms with E-state index in [0.717, 1.165) is 35.7 Å². The summed E-state index contributed by atoms with van der Waals surface area (Å²) in [5, 5.41) is 8.41. The highest BCUT2D eigenvalue weighted by molar-refractivity contribution is 7.15. The van der Waals surface area contributed by atoms with Crippen LogP contribution in [0.15, 0.2) is 42.5 Å². The Morgan fingerprint density at radius 3 is 2.77 bits per heavy atom. The first-order valence-corrected chi connectivity index (χ1v) is 9.56. The molecule has 0 aliphatic heterocycles. The van der Waals surface area contributed by atoms with E-state index in [-0.39, 0.29) is 18.2 Å². The van der Waals surface area contributed by atoms with Gasteiger partial charge in [-0.1, -0.05) is 30.3 Å². The third-order valence-corrected chi connectivity index (χ3v) is 5.56. The van der Waals surface area contributed by atoms with Crippen LogP contribution < -0.4 is 10.6 Å². The van der Waals surface area contributed by atoms with Crippen molar-refractivity contribution in [3.63, 3.8) is 0 Å². The summed E-state index contributed by atoms with van der Waals surface area (Å²) >= 11 is 1.56. The van der Waals surface area contributed by atoms with Crippen molar-refractivity contribution >= 4 is 39.1 Å². The van der Waals surface area contributed by atoms with Crippen molar-refractivity contribution in [3.05, 3.63) is 58.6 Å². The average Bonchev–Trinajstić information content (AvgIpc) is 3.22. The van der Waals surface area contributed by atoms with E-state index >= 15 is 0 Å². The number of amides is 2. The molecule has 3 aromatic rings. The van der Waals surface area contributed by atoms with Crippen LogP contribution in [0.2, 0.25) is 0 Å². The molecular formula is C20H19N3O2S. The number of carbonyl (C=O) groups is 2. The molecule has 1 heterocycles. The first kappa shape index (κ1) is 16.7. The van der Waals surface area contributed by atoms with E-state index in [2.05, 4.69) is 15.6 Å². The molecule has 0 radical (unpaired) electrons. The Balaban J connectivity index is 1.28. The van der Waals surface area contributed by atoms with Crippen molar-refractivity contribution in [3.8, 4) is 0 Å². The SMILES string of the molecule is O=C(CCNC(=O)c1ccc2ccccc2c1)Nc1nc2c(s1)CCC2. The highest BCUT2D eigenvalue weighted by atomic mass is 32.1. The number of fused-ring (bicyclic) bond motifs is 2. The molecule has 0 fully saturated rings. The Morgan fingerprint density at radius 2 is 1.92 bits per heavy atom. The molecule has 5 nitrogen and oxygen atoms in total. The summed E-state index contributed by atoms with van der Waals surface area (Å²) in [5.74, 6) is -0.298. The molecule has 26 heavy (non-hydrogen) atoms. The standard InChI is InChI=1S/C20H19N3O2S/c24-18(23-20-22-16-6-3-7-17(16)26-20)10-11-21-19(25)15-9-8-13-4-1-2-5-14(13)12-15/h1-2,4-5,8-9,12H,3,6-7,10-11H2,(H,21,25)(H,22,23,24). The number of thiazole rings is 1. The number of aromatic nitrogens is 1. The van der Waals surface area contributed by atoms with Gasteiger partial charge in [-0.3, -0.25) is 9.59 Å². The van der Waals surface area contributed by atoms with Gasteiger partial charge in [0.2, 0.25) is 5.91 Å². The summed E-state index contributed by atoms with van der Waals surface area (Å²) < 4.78 is 0. The third-order valence-electron chi connectivity index (χ3n) is 4.49. The number of rotatable bonds is 5. The van der Waals surface area contributed by atoms with E-state index < -0.39 is 0 Å². The van der Waals surface area contributed by atoms with Crippen molar-refractivity contribution in [1.82, 2.24) is 10.3 Å². The van der Waals surface area contributed by atoms with E-state index in [0.29, 0.717) is 17.2 Å². The van der Waals surface area contributed by atoms with Crippen LogP contribution in [-0.4, -0.2) is 23.3 Å². The molecular weight excluding hydrogens is 346 g/mol. The second kappa shape index (κ2) is 7.25. The first-order valence-electron chi connectivity index (χ1n) is 8.74. The molecule has 1 aromatic heterocycles. The maximum atomic E-state index is 12.3. The van der Waals surface area contributed by atoms with Crippen molar-refractivity contribution in [2.45, 2.75) is 25.7 Å². The molecule has 0 bridgehead atoms. The van der Waals surface area contributed by atoms with Gasteiger partial charge in [0.15, 0.2) is 5.13 Å². The number of nitrogens with zero attached hydrogens (tertiary/aromatic N) is 1. The molecule has 4 rings (SSSR count). The van der Waals surface area contributed by atoms with Crippen LogP contribution in [0.25, 0.3) is 10.8 Å². The molecule has 132 valence electrons. The lowest BCUT2D eigenvalue weighted by molar-refractivity contribution is -0.116. The van der Waals surface area contributed by atoms with Gasteiger partial charge in [-0.15, -0.1) is 11.3 Å². The fourth-order valence-corrected chi connectivity index (χ4v) is 4.21. The molecule has 2 aromatic carbocycles. The summed E-state index contributed by atoms with van der Waals surface area (Å²) in [5.41, 5.74) is 1.72. The zero-order valence-electron chi connectivity index (χ0n) is 14.2.